The molecule has 0 unspecified atom stereocenters. The summed E-state index contributed by atoms with van der Waals surface area (Å²) < 4.78 is 16.7. The van der Waals surface area contributed by atoms with Crippen molar-refractivity contribution < 1.29 is 33.1 Å². The number of carbonyl (C=O) groups is 4. The lowest BCUT2D eigenvalue weighted by Gasteiger charge is -2.15. The Morgan fingerprint density at radius 2 is 0.966 bits per heavy atom. The van der Waals surface area contributed by atoms with E-state index in [9.17, 15) is 19.2 Å². The fourth-order valence-corrected chi connectivity index (χ4v) is 6.59. The number of methoxy groups -OCH3 is 2. The minimum absolute atomic E-state index is 0.00316. The molecule has 17 heteroatoms. The van der Waals surface area contributed by atoms with E-state index >= 15 is 0 Å². The smallest absolute Gasteiger partial charge is 0.277 e. The molecule has 0 saturated heterocycles. The van der Waals surface area contributed by atoms with Crippen molar-refractivity contribution >= 4 is 79.8 Å². The van der Waals surface area contributed by atoms with Crippen molar-refractivity contribution in [1.82, 2.24) is 30.8 Å². The number of ether oxygens (including phenoxy) is 2. The van der Waals surface area contributed by atoms with Crippen LogP contribution in [0, 0.1) is 0 Å². The molecule has 0 bridgehead atoms. The van der Waals surface area contributed by atoms with Gasteiger partial charge in [-0.1, -0.05) is 47.5 Å². The van der Waals surface area contributed by atoms with E-state index < -0.39 is 35.7 Å². The van der Waals surface area contributed by atoms with Crippen LogP contribution in [0.5, 0.6) is 11.5 Å². The zero-order chi connectivity index (χ0) is 41.8. The summed E-state index contributed by atoms with van der Waals surface area (Å²) in [6.07, 6.45) is 0. The number of imide groups is 2. The minimum atomic E-state index is -0.797. The van der Waals surface area contributed by atoms with Gasteiger partial charge in [0, 0.05) is 44.0 Å². The molecule has 3 heterocycles. The van der Waals surface area contributed by atoms with E-state index in [2.05, 4.69) is 41.4 Å². The van der Waals surface area contributed by atoms with E-state index in [1.807, 2.05) is 0 Å². The molecular formula is C42H34Cl2N8O7. The van der Waals surface area contributed by atoms with Crippen molar-refractivity contribution in [3.63, 3.8) is 0 Å². The lowest BCUT2D eigenvalue weighted by Crippen LogP contribution is -2.41. The number of pyridine rings is 2. The molecule has 7 rings (SSSR count). The number of carbonyl (C=O) groups excluding carboxylic acids is 4. The highest BCUT2D eigenvalue weighted by Gasteiger charge is 2.23. The fourth-order valence-electron chi connectivity index (χ4n) is 6.20. The van der Waals surface area contributed by atoms with Crippen molar-refractivity contribution in [2.75, 3.05) is 24.9 Å². The zero-order valence-corrected chi connectivity index (χ0v) is 33.3. The summed E-state index contributed by atoms with van der Waals surface area (Å²) >= 11 is 12.4. The van der Waals surface area contributed by atoms with Gasteiger partial charge in [0.2, 0.25) is 23.6 Å². The summed E-state index contributed by atoms with van der Waals surface area (Å²) in [7, 11) is 3.02. The van der Waals surface area contributed by atoms with Crippen molar-refractivity contribution in [3.8, 4) is 34.4 Å². The van der Waals surface area contributed by atoms with E-state index in [4.69, 9.17) is 37.1 Å². The Morgan fingerprint density at radius 1 is 0.576 bits per heavy atom. The normalized spacial score (nSPS) is 12.0. The maximum Gasteiger partial charge on any atom is 0.277 e. The van der Waals surface area contributed by atoms with Gasteiger partial charge in [0.15, 0.2) is 0 Å². The first-order chi connectivity index (χ1) is 28.4. The standard InChI is InChI=1S/C42H34Cl2N8O7/c1-21(37(53)49-39(55)35-27-7-5-9-31(57-3)29(27)19-33(43)47-35)45-25-15-11-23(12-16-25)41-51-52-42(59-41)24-13-17-26(18-14-24)46-22(2)38(54)50-40(56)36-28-8-6-10-32(58-4)30(28)20-34(44)48-36/h5-22,45-46H,1-4H3,(H,49,53,55)(H,50,54,56)/t21-,22-/m0/s1. The quantitative estimate of drug-likeness (QED) is 0.0893. The molecule has 0 fully saturated rings. The Morgan fingerprint density at radius 3 is 1.34 bits per heavy atom. The molecule has 0 aliphatic carbocycles. The fraction of sp³-hybridized carbons (Fsp3) is 0.143. The summed E-state index contributed by atoms with van der Waals surface area (Å²) in [6.45, 7) is 3.23. The Hall–Kier alpha value is -7.10. The topological polar surface area (TPSA) is 200 Å². The van der Waals surface area contributed by atoms with Crippen LogP contribution in [-0.2, 0) is 9.59 Å². The molecule has 0 radical (unpaired) electrons. The van der Waals surface area contributed by atoms with Gasteiger partial charge in [0.05, 0.1) is 14.2 Å². The number of nitrogens with one attached hydrogen (secondary N) is 4. The summed E-state index contributed by atoms with van der Waals surface area (Å²) in [5.41, 5.74) is 2.45. The van der Waals surface area contributed by atoms with Gasteiger partial charge in [-0.15, -0.1) is 10.2 Å². The van der Waals surface area contributed by atoms with Gasteiger partial charge in [-0.3, -0.25) is 29.8 Å². The van der Waals surface area contributed by atoms with E-state index in [1.54, 1.807) is 111 Å². The highest BCUT2D eigenvalue weighted by atomic mass is 35.5. The number of aromatic nitrogens is 4. The minimum Gasteiger partial charge on any atom is -0.496 e. The van der Waals surface area contributed by atoms with Crippen LogP contribution < -0.4 is 30.7 Å². The van der Waals surface area contributed by atoms with Gasteiger partial charge in [-0.2, -0.15) is 0 Å². The van der Waals surface area contributed by atoms with Crippen LogP contribution in [0.1, 0.15) is 34.8 Å². The van der Waals surface area contributed by atoms with E-state index in [1.165, 1.54) is 14.2 Å². The number of hydrogen-bond acceptors (Lipinski definition) is 13. The van der Waals surface area contributed by atoms with Crippen LogP contribution in [0.2, 0.25) is 10.3 Å². The van der Waals surface area contributed by atoms with Crippen LogP contribution in [0.15, 0.2) is 101 Å². The van der Waals surface area contributed by atoms with Crippen molar-refractivity contribution in [2.24, 2.45) is 0 Å². The molecule has 0 aliphatic rings. The van der Waals surface area contributed by atoms with Crippen LogP contribution in [-0.4, -0.2) is 70.1 Å². The molecule has 4 amide bonds. The van der Waals surface area contributed by atoms with Crippen LogP contribution >= 0.6 is 23.2 Å². The molecule has 0 spiro atoms. The largest absolute Gasteiger partial charge is 0.496 e. The second kappa shape index (κ2) is 17.2. The average Bonchev–Trinajstić information content (AvgIpc) is 3.73. The first-order valence-electron chi connectivity index (χ1n) is 18.0. The maximum absolute atomic E-state index is 13.1. The molecule has 3 aromatic heterocycles. The highest BCUT2D eigenvalue weighted by molar-refractivity contribution is 6.31. The molecule has 4 N–H and O–H groups in total. The van der Waals surface area contributed by atoms with Gasteiger partial charge in [-0.25, -0.2) is 9.97 Å². The number of rotatable bonds is 12. The third-order valence-electron chi connectivity index (χ3n) is 9.19. The summed E-state index contributed by atoms with van der Waals surface area (Å²) in [4.78, 5) is 60.5. The molecule has 15 nitrogen and oxygen atoms in total. The highest BCUT2D eigenvalue weighted by Crippen LogP contribution is 2.31. The number of anilines is 2. The number of benzene rings is 4. The number of halogens is 2. The number of amides is 4. The lowest BCUT2D eigenvalue weighted by molar-refractivity contribution is -0.121. The average molecular weight is 834 g/mol. The number of hydrogen-bond donors (Lipinski definition) is 4. The zero-order valence-electron chi connectivity index (χ0n) is 31.8. The molecule has 2 atom stereocenters. The molecule has 7 aromatic rings. The van der Waals surface area contributed by atoms with E-state index in [-0.39, 0.29) is 33.5 Å². The van der Waals surface area contributed by atoms with Gasteiger partial charge < -0.3 is 24.5 Å². The Balaban J connectivity index is 0.933. The predicted molar refractivity (Wildman–Crippen MR) is 223 cm³/mol. The Labute approximate surface area is 346 Å². The van der Waals surface area contributed by atoms with Crippen LogP contribution in [0.4, 0.5) is 11.4 Å². The molecule has 0 saturated carbocycles. The molecular weight excluding hydrogens is 799 g/mol. The predicted octanol–water partition coefficient (Wildman–Crippen LogP) is 7.34. The van der Waals surface area contributed by atoms with Crippen LogP contribution in [0.3, 0.4) is 0 Å². The van der Waals surface area contributed by atoms with Gasteiger partial charge in [0.1, 0.15) is 45.3 Å². The summed E-state index contributed by atoms with van der Waals surface area (Å²) in [5.74, 6) is -0.996. The Bertz CT molecular complexity index is 2560. The molecule has 0 aliphatic heterocycles. The van der Waals surface area contributed by atoms with E-state index in [0.717, 1.165) is 0 Å². The van der Waals surface area contributed by atoms with Crippen molar-refractivity contribution in [1.29, 1.82) is 0 Å². The third kappa shape index (κ3) is 8.76. The lowest BCUT2D eigenvalue weighted by atomic mass is 10.1. The van der Waals surface area contributed by atoms with E-state index in [0.29, 0.717) is 55.5 Å². The second-order valence-corrected chi connectivity index (χ2v) is 13.9. The number of fused-ring (bicyclic) bond motifs is 2. The SMILES string of the molecule is COc1cccc2c(C(=O)NC(=O)[C@H](C)Nc3ccc(-c4nnc(-c5ccc(N[C@@H](C)C(=O)NC(=O)c6nc(Cl)cc7c(OC)cccc67)cc5)o4)cc3)nc(Cl)cc12. The first kappa shape index (κ1) is 40.1. The molecule has 298 valence electrons. The van der Waals surface area contributed by atoms with Crippen LogP contribution in [0.25, 0.3) is 44.5 Å². The van der Waals surface area contributed by atoms with Gasteiger partial charge in [-0.05, 0) is 86.6 Å². The number of nitrogens with zero attached hydrogens (tertiary/aromatic N) is 4. The van der Waals surface area contributed by atoms with Gasteiger partial charge in [0.25, 0.3) is 11.8 Å². The first-order valence-corrected chi connectivity index (χ1v) is 18.7. The monoisotopic (exact) mass is 832 g/mol. The molecule has 59 heavy (non-hydrogen) atoms. The van der Waals surface area contributed by atoms with Crippen molar-refractivity contribution in [2.45, 2.75) is 25.9 Å². The third-order valence-corrected chi connectivity index (χ3v) is 9.58. The maximum atomic E-state index is 13.1. The second-order valence-electron chi connectivity index (χ2n) is 13.1. The molecule has 4 aromatic carbocycles. The summed E-state index contributed by atoms with van der Waals surface area (Å²) in [6, 6.07) is 25.8. The van der Waals surface area contributed by atoms with Gasteiger partial charge >= 0.3 is 0 Å². The van der Waals surface area contributed by atoms with Crippen molar-refractivity contribution in [3.05, 3.63) is 119 Å². The Kier molecular flexibility index (Phi) is 11.7. The summed E-state index contributed by atoms with van der Waals surface area (Å²) in [5, 5.41) is 21.6.